The van der Waals surface area contributed by atoms with Gasteiger partial charge in [-0.05, 0) is 18.6 Å². The van der Waals surface area contributed by atoms with E-state index in [1.54, 1.807) is 6.92 Å². The van der Waals surface area contributed by atoms with Crippen molar-refractivity contribution in [1.29, 1.82) is 0 Å². The number of carbonyl (C=O) groups excluding carboxylic acids is 2. The molecular formula is C13H20N4O2S. The maximum Gasteiger partial charge on any atom is 0.275 e. The van der Waals surface area contributed by atoms with Crippen LogP contribution < -0.4 is 11.3 Å². The van der Waals surface area contributed by atoms with Crippen molar-refractivity contribution >= 4 is 23.2 Å². The first-order chi connectivity index (χ1) is 9.51. The van der Waals surface area contributed by atoms with Gasteiger partial charge in [0.2, 0.25) is 5.91 Å². The van der Waals surface area contributed by atoms with Crippen molar-refractivity contribution in [3.8, 4) is 0 Å². The molecule has 7 heteroatoms. The number of carbonyl (C=O) groups is 2. The van der Waals surface area contributed by atoms with E-state index in [0.717, 1.165) is 43.2 Å². The van der Waals surface area contributed by atoms with Crippen LogP contribution in [0.5, 0.6) is 0 Å². The number of hydrogen-bond acceptors (Lipinski definition) is 5. The number of nitrogens with two attached hydrogens (primary N) is 1. The van der Waals surface area contributed by atoms with Crippen LogP contribution in [0.3, 0.4) is 0 Å². The molecule has 1 saturated heterocycles. The van der Waals surface area contributed by atoms with E-state index < -0.39 is 0 Å². The molecule has 0 bridgehead atoms. The molecule has 1 aromatic rings. The van der Waals surface area contributed by atoms with Gasteiger partial charge in [-0.3, -0.25) is 19.9 Å². The zero-order valence-corrected chi connectivity index (χ0v) is 12.6. The number of amides is 2. The van der Waals surface area contributed by atoms with Crippen molar-refractivity contribution < 1.29 is 9.59 Å². The zero-order chi connectivity index (χ0) is 14.7. The molecule has 3 N–H and O–H groups in total. The van der Waals surface area contributed by atoms with E-state index in [1.165, 1.54) is 11.3 Å². The average Bonchev–Trinajstić information content (AvgIpc) is 2.80. The van der Waals surface area contributed by atoms with Crippen LogP contribution in [0, 0.1) is 6.92 Å². The molecule has 1 aromatic heterocycles. The Morgan fingerprint density at radius 2 is 2.00 bits per heavy atom. The Morgan fingerprint density at radius 3 is 2.55 bits per heavy atom. The van der Waals surface area contributed by atoms with Gasteiger partial charge in [0, 0.05) is 44.5 Å². The molecule has 110 valence electrons. The van der Waals surface area contributed by atoms with Crippen molar-refractivity contribution in [3.05, 3.63) is 21.4 Å². The highest BCUT2D eigenvalue weighted by Gasteiger charge is 2.20. The molecule has 0 aromatic carbocycles. The third-order valence-corrected chi connectivity index (χ3v) is 4.68. The summed E-state index contributed by atoms with van der Waals surface area (Å²) >= 11 is 1.46. The largest absolute Gasteiger partial charge is 0.340 e. The van der Waals surface area contributed by atoms with Gasteiger partial charge in [-0.1, -0.05) is 0 Å². The first-order valence-corrected chi connectivity index (χ1v) is 7.41. The Hall–Kier alpha value is -1.44. The molecule has 1 aliphatic heterocycles. The molecule has 1 fully saturated rings. The summed E-state index contributed by atoms with van der Waals surface area (Å²) in [5.41, 5.74) is 3.31. The predicted octanol–water partition coefficient (Wildman–Crippen LogP) is 0.324. The van der Waals surface area contributed by atoms with Crippen molar-refractivity contribution in [2.75, 3.05) is 26.2 Å². The van der Waals surface area contributed by atoms with E-state index in [0.29, 0.717) is 4.88 Å². The molecule has 0 radical (unpaired) electrons. The minimum Gasteiger partial charge on any atom is -0.340 e. The van der Waals surface area contributed by atoms with Crippen LogP contribution in [0.15, 0.2) is 6.07 Å². The maximum atomic E-state index is 11.5. The van der Waals surface area contributed by atoms with E-state index in [4.69, 9.17) is 5.84 Å². The molecule has 0 saturated carbocycles. The molecule has 0 aliphatic carbocycles. The lowest BCUT2D eigenvalue weighted by molar-refractivity contribution is -0.130. The minimum atomic E-state index is -0.245. The van der Waals surface area contributed by atoms with Crippen LogP contribution in [-0.2, 0) is 11.3 Å². The Labute approximate surface area is 122 Å². The second-order valence-electron chi connectivity index (χ2n) is 4.95. The normalized spacial score (nSPS) is 16.2. The second-order valence-corrected chi connectivity index (χ2v) is 6.20. The highest BCUT2D eigenvalue weighted by Crippen LogP contribution is 2.23. The summed E-state index contributed by atoms with van der Waals surface area (Å²) in [6.07, 6.45) is 0. The summed E-state index contributed by atoms with van der Waals surface area (Å²) < 4.78 is 0. The van der Waals surface area contributed by atoms with Gasteiger partial charge >= 0.3 is 0 Å². The number of piperazine rings is 1. The number of nitrogens with zero attached hydrogens (tertiary/aromatic N) is 2. The molecule has 2 amide bonds. The number of rotatable bonds is 3. The minimum absolute atomic E-state index is 0.137. The molecule has 6 nitrogen and oxygen atoms in total. The van der Waals surface area contributed by atoms with Gasteiger partial charge in [-0.15, -0.1) is 11.3 Å². The summed E-state index contributed by atoms with van der Waals surface area (Å²) in [5.74, 6) is 5.04. The fraction of sp³-hybridized carbons (Fsp3) is 0.538. The van der Waals surface area contributed by atoms with Crippen LogP contribution in [-0.4, -0.2) is 47.8 Å². The molecular weight excluding hydrogens is 276 g/mol. The smallest absolute Gasteiger partial charge is 0.275 e. The van der Waals surface area contributed by atoms with E-state index in [1.807, 2.05) is 17.9 Å². The lowest BCUT2D eigenvalue weighted by atomic mass is 10.2. The van der Waals surface area contributed by atoms with Gasteiger partial charge in [-0.2, -0.15) is 0 Å². The van der Waals surface area contributed by atoms with Crippen LogP contribution in [0.25, 0.3) is 0 Å². The first-order valence-electron chi connectivity index (χ1n) is 6.59. The molecule has 0 unspecified atom stereocenters. The summed E-state index contributed by atoms with van der Waals surface area (Å²) in [6, 6.07) is 1.90. The molecule has 20 heavy (non-hydrogen) atoms. The van der Waals surface area contributed by atoms with Crippen LogP contribution in [0.1, 0.15) is 27.0 Å². The van der Waals surface area contributed by atoms with Gasteiger partial charge in [0.15, 0.2) is 0 Å². The standard InChI is InChI=1S/C13H20N4O2S/c1-9-11(7-12(20-9)13(19)15-14)8-16-3-5-17(6-4-16)10(2)18/h7H,3-6,8,14H2,1-2H3,(H,15,19). The fourth-order valence-electron chi connectivity index (χ4n) is 2.32. The summed E-state index contributed by atoms with van der Waals surface area (Å²) in [6.45, 7) is 7.71. The van der Waals surface area contributed by atoms with E-state index >= 15 is 0 Å². The van der Waals surface area contributed by atoms with Gasteiger partial charge in [0.1, 0.15) is 0 Å². The predicted molar refractivity (Wildman–Crippen MR) is 78.2 cm³/mol. The van der Waals surface area contributed by atoms with Crippen molar-refractivity contribution in [2.24, 2.45) is 5.84 Å². The number of hydrogen-bond donors (Lipinski definition) is 2. The zero-order valence-electron chi connectivity index (χ0n) is 11.8. The summed E-state index contributed by atoms with van der Waals surface area (Å²) in [7, 11) is 0. The fourth-order valence-corrected chi connectivity index (χ4v) is 3.26. The Balaban J connectivity index is 1.96. The highest BCUT2D eigenvalue weighted by molar-refractivity contribution is 7.14. The Bertz CT molecular complexity index is 506. The highest BCUT2D eigenvalue weighted by atomic mass is 32.1. The number of nitrogen functional groups attached to an aromatic ring is 1. The third kappa shape index (κ3) is 3.36. The van der Waals surface area contributed by atoms with Crippen molar-refractivity contribution in [2.45, 2.75) is 20.4 Å². The number of aryl methyl sites for hydroxylation is 1. The summed E-state index contributed by atoms with van der Waals surface area (Å²) in [5, 5.41) is 0. The number of hydrazine groups is 1. The Kier molecular flexibility index (Phi) is 4.74. The topological polar surface area (TPSA) is 78.7 Å². The monoisotopic (exact) mass is 296 g/mol. The van der Waals surface area contributed by atoms with E-state index in [2.05, 4.69) is 10.3 Å². The lowest BCUT2D eigenvalue weighted by Gasteiger charge is -2.34. The van der Waals surface area contributed by atoms with Crippen LogP contribution >= 0.6 is 11.3 Å². The quantitative estimate of drug-likeness (QED) is 0.478. The number of nitrogens with one attached hydrogen (secondary N) is 1. The molecule has 1 aliphatic rings. The van der Waals surface area contributed by atoms with E-state index in [9.17, 15) is 9.59 Å². The van der Waals surface area contributed by atoms with Gasteiger partial charge in [0.05, 0.1) is 4.88 Å². The van der Waals surface area contributed by atoms with Crippen molar-refractivity contribution in [1.82, 2.24) is 15.2 Å². The molecule has 2 heterocycles. The second kappa shape index (κ2) is 6.34. The van der Waals surface area contributed by atoms with Gasteiger partial charge in [-0.25, -0.2) is 5.84 Å². The van der Waals surface area contributed by atoms with E-state index in [-0.39, 0.29) is 11.8 Å². The Morgan fingerprint density at radius 1 is 1.35 bits per heavy atom. The molecule has 0 atom stereocenters. The van der Waals surface area contributed by atoms with Gasteiger partial charge in [0.25, 0.3) is 5.91 Å². The summed E-state index contributed by atoms with van der Waals surface area (Å²) in [4.78, 5) is 28.7. The SMILES string of the molecule is CC(=O)N1CCN(Cc2cc(C(=O)NN)sc2C)CC1. The van der Waals surface area contributed by atoms with Crippen LogP contribution in [0.4, 0.5) is 0 Å². The molecule has 2 rings (SSSR count). The van der Waals surface area contributed by atoms with Crippen molar-refractivity contribution in [3.63, 3.8) is 0 Å². The maximum absolute atomic E-state index is 11.5. The lowest BCUT2D eigenvalue weighted by Crippen LogP contribution is -2.47. The van der Waals surface area contributed by atoms with Crippen LogP contribution in [0.2, 0.25) is 0 Å². The average molecular weight is 296 g/mol. The van der Waals surface area contributed by atoms with Gasteiger partial charge < -0.3 is 4.90 Å². The first kappa shape index (κ1) is 15.0. The molecule has 0 spiro atoms. The third-order valence-electron chi connectivity index (χ3n) is 3.59. The number of thiophene rings is 1.